The number of likely N-dealkylation sites (tertiary alicyclic amines) is 1. The molecule has 1 saturated heterocycles. The van der Waals surface area contributed by atoms with E-state index in [1.807, 2.05) is 29.7 Å². The third-order valence-corrected chi connectivity index (χ3v) is 8.10. The van der Waals surface area contributed by atoms with Crippen molar-refractivity contribution >= 4 is 40.8 Å². The second kappa shape index (κ2) is 6.96. The normalized spacial score (nSPS) is 32.9. The summed E-state index contributed by atoms with van der Waals surface area (Å²) in [5, 5.41) is 15.8. The van der Waals surface area contributed by atoms with Crippen molar-refractivity contribution in [2.24, 2.45) is 17.8 Å². The average molecular weight is 414 g/mol. The number of nitrogens with zero attached hydrogens (tertiary/aromatic N) is 1. The monoisotopic (exact) mass is 413 g/mol. The predicted molar refractivity (Wildman–Crippen MR) is 115 cm³/mol. The number of hydrogen-bond donors (Lipinski definition) is 2. The first-order valence-corrected chi connectivity index (χ1v) is 11.3. The van der Waals surface area contributed by atoms with E-state index in [2.05, 4.69) is 12.2 Å². The van der Waals surface area contributed by atoms with Crippen molar-refractivity contribution in [3.63, 3.8) is 0 Å². The van der Waals surface area contributed by atoms with Crippen LogP contribution < -0.4 is 5.32 Å². The Bertz CT molecular complexity index is 907. The highest BCUT2D eigenvalue weighted by Gasteiger charge is 2.47. The van der Waals surface area contributed by atoms with Gasteiger partial charge in [0, 0.05) is 22.0 Å². The SMILES string of the molecule is CC(C1CC2CCC1C2)N1C(=N)/C(=C2\NC(c3ccc(Cl)cc3)=CS2)CC1=O. The van der Waals surface area contributed by atoms with Crippen LogP contribution in [-0.2, 0) is 4.79 Å². The summed E-state index contributed by atoms with van der Waals surface area (Å²) >= 11 is 7.55. The molecule has 4 aliphatic rings. The molecule has 4 atom stereocenters. The summed E-state index contributed by atoms with van der Waals surface area (Å²) in [5.74, 6) is 2.61. The molecule has 2 heterocycles. The second-order valence-corrected chi connectivity index (χ2v) is 9.77. The average Bonchev–Trinajstić information content (AvgIpc) is 3.46. The van der Waals surface area contributed by atoms with Crippen LogP contribution in [-0.4, -0.2) is 22.7 Å². The fourth-order valence-electron chi connectivity index (χ4n) is 5.50. The number of fused-ring (bicyclic) bond motifs is 2. The molecule has 5 rings (SSSR count). The number of halogens is 1. The van der Waals surface area contributed by atoms with Crippen LogP contribution in [0.25, 0.3) is 5.70 Å². The molecule has 4 nitrogen and oxygen atoms in total. The highest BCUT2D eigenvalue weighted by molar-refractivity contribution is 8.06. The highest BCUT2D eigenvalue weighted by Crippen LogP contribution is 2.51. The number of nitrogens with one attached hydrogen (secondary N) is 2. The van der Waals surface area contributed by atoms with Crippen molar-refractivity contribution in [3.05, 3.63) is 50.9 Å². The van der Waals surface area contributed by atoms with Gasteiger partial charge in [-0.25, -0.2) is 0 Å². The second-order valence-electron chi connectivity index (χ2n) is 8.46. The molecule has 1 amide bonds. The van der Waals surface area contributed by atoms with E-state index in [-0.39, 0.29) is 11.9 Å². The first-order chi connectivity index (χ1) is 13.5. The molecule has 1 aromatic carbocycles. The van der Waals surface area contributed by atoms with Gasteiger partial charge >= 0.3 is 0 Å². The van der Waals surface area contributed by atoms with Crippen molar-refractivity contribution in [1.29, 1.82) is 5.41 Å². The van der Waals surface area contributed by atoms with E-state index in [9.17, 15) is 4.79 Å². The van der Waals surface area contributed by atoms with Crippen LogP contribution in [0.15, 0.2) is 40.3 Å². The predicted octanol–water partition coefficient (Wildman–Crippen LogP) is 5.22. The van der Waals surface area contributed by atoms with E-state index < -0.39 is 0 Å². The van der Waals surface area contributed by atoms with Gasteiger partial charge in [0.1, 0.15) is 5.84 Å². The first-order valence-electron chi connectivity index (χ1n) is 10.0. The number of amidine groups is 1. The number of rotatable bonds is 3. The minimum atomic E-state index is 0.0742. The van der Waals surface area contributed by atoms with E-state index in [0.717, 1.165) is 33.7 Å². The number of amides is 1. The number of carbonyl (C=O) groups excluding carboxylic acids is 1. The van der Waals surface area contributed by atoms with Gasteiger partial charge in [-0.1, -0.05) is 41.9 Å². The van der Waals surface area contributed by atoms with Crippen molar-refractivity contribution < 1.29 is 4.79 Å². The molecule has 6 heteroatoms. The minimum absolute atomic E-state index is 0.0742. The lowest BCUT2D eigenvalue weighted by Gasteiger charge is -2.34. The molecule has 0 aromatic heterocycles. The van der Waals surface area contributed by atoms with Gasteiger partial charge in [0.2, 0.25) is 5.91 Å². The number of carbonyl (C=O) groups is 1. The molecule has 1 aromatic rings. The van der Waals surface area contributed by atoms with E-state index >= 15 is 0 Å². The number of hydrogen-bond acceptors (Lipinski definition) is 4. The van der Waals surface area contributed by atoms with Crippen LogP contribution in [0.2, 0.25) is 5.02 Å². The maximum atomic E-state index is 12.8. The lowest BCUT2D eigenvalue weighted by atomic mass is 9.83. The zero-order valence-electron chi connectivity index (χ0n) is 15.9. The van der Waals surface area contributed by atoms with Crippen LogP contribution in [0.4, 0.5) is 0 Å². The molecule has 2 saturated carbocycles. The van der Waals surface area contributed by atoms with Crippen molar-refractivity contribution in [2.75, 3.05) is 0 Å². The Hall–Kier alpha value is -1.72. The fourth-order valence-corrected chi connectivity index (χ4v) is 6.54. The molecule has 2 N–H and O–H groups in total. The molecule has 4 unspecified atom stereocenters. The fraction of sp³-hybridized carbons (Fsp3) is 0.455. The standard InChI is InChI=1S/C22H24ClN3OS/c1-12(17-9-13-2-3-15(17)8-13)26-20(27)10-18(21(26)24)22-25-19(11-28-22)14-4-6-16(23)7-5-14/h4-7,11-13,15,17,24-25H,2-3,8-10H2,1H3/b22-18+,24-21?. The van der Waals surface area contributed by atoms with Gasteiger partial charge in [0.05, 0.1) is 17.1 Å². The number of benzene rings is 1. The molecule has 0 radical (unpaired) electrons. The van der Waals surface area contributed by atoms with Gasteiger partial charge in [0.15, 0.2) is 0 Å². The van der Waals surface area contributed by atoms with Crippen LogP contribution in [0, 0.1) is 23.2 Å². The lowest BCUT2D eigenvalue weighted by Crippen LogP contribution is -2.43. The third-order valence-electron chi connectivity index (χ3n) is 6.92. The maximum absolute atomic E-state index is 12.8. The zero-order valence-corrected chi connectivity index (χ0v) is 17.4. The summed E-state index contributed by atoms with van der Waals surface area (Å²) < 4.78 is 0. The van der Waals surface area contributed by atoms with Gasteiger partial charge in [-0.3, -0.25) is 15.1 Å². The molecule has 2 aliphatic carbocycles. The quantitative estimate of drug-likeness (QED) is 0.714. The molecule has 0 spiro atoms. The van der Waals surface area contributed by atoms with Gasteiger partial charge in [-0.05, 0) is 61.6 Å². The van der Waals surface area contributed by atoms with Gasteiger partial charge in [-0.2, -0.15) is 0 Å². The Morgan fingerprint density at radius 1 is 1.25 bits per heavy atom. The summed E-state index contributed by atoms with van der Waals surface area (Å²) in [6.45, 7) is 2.15. The Morgan fingerprint density at radius 2 is 2.04 bits per heavy atom. The van der Waals surface area contributed by atoms with Crippen molar-refractivity contribution in [1.82, 2.24) is 10.2 Å². The molecule has 146 valence electrons. The van der Waals surface area contributed by atoms with E-state index in [0.29, 0.717) is 23.2 Å². The summed E-state index contributed by atoms with van der Waals surface area (Å²) in [4.78, 5) is 14.6. The summed E-state index contributed by atoms with van der Waals surface area (Å²) in [6.07, 6.45) is 5.53. The largest absolute Gasteiger partial charge is 0.349 e. The third kappa shape index (κ3) is 3.00. The van der Waals surface area contributed by atoms with Crippen LogP contribution >= 0.6 is 23.4 Å². The summed E-state index contributed by atoms with van der Waals surface area (Å²) in [7, 11) is 0. The topological polar surface area (TPSA) is 56.2 Å². The van der Waals surface area contributed by atoms with E-state index in [4.69, 9.17) is 17.0 Å². The Labute approximate surface area is 174 Å². The number of thioether (sulfide) groups is 1. The molecule has 28 heavy (non-hydrogen) atoms. The Morgan fingerprint density at radius 3 is 2.71 bits per heavy atom. The molecular weight excluding hydrogens is 390 g/mol. The maximum Gasteiger partial charge on any atom is 0.233 e. The van der Waals surface area contributed by atoms with Gasteiger partial charge in [0.25, 0.3) is 0 Å². The van der Waals surface area contributed by atoms with Crippen LogP contribution in [0.5, 0.6) is 0 Å². The van der Waals surface area contributed by atoms with Gasteiger partial charge < -0.3 is 5.32 Å². The molecule has 2 aliphatic heterocycles. The highest BCUT2D eigenvalue weighted by atomic mass is 35.5. The van der Waals surface area contributed by atoms with Crippen molar-refractivity contribution in [2.45, 2.75) is 45.1 Å². The van der Waals surface area contributed by atoms with Crippen molar-refractivity contribution in [3.8, 4) is 0 Å². The smallest absolute Gasteiger partial charge is 0.233 e. The van der Waals surface area contributed by atoms with E-state index in [1.165, 1.54) is 25.7 Å². The van der Waals surface area contributed by atoms with Crippen LogP contribution in [0.3, 0.4) is 0 Å². The molecule has 3 fully saturated rings. The van der Waals surface area contributed by atoms with Gasteiger partial charge in [-0.15, -0.1) is 0 Å². The minimum Gasteiger partial charge on any atom is -0.349 e. The van der Waals surface area contributed by atoms with Crippen LogP contribution in [0.1, 0.15) is 44.6 Å². The Kier molecular flexibility index (Phi) is 4.55. The molecule has 2 bridgehead atoms. The summed E-state index contributed by atoms with van der Waals surface area (Å²) in [5.41, 5.74) is 2.87. The summed E-state index contributed by atoms with van der Waals surface area (Å²) in [6, 6.07) is 7.82. The first kappa shape index (κ1) is 18.3. The van der Waals surface area contributed by atoms with E-state index in [1.54, 1.807) is 16.7 Å². The Balaban J connectivity index is 1.34. The zero-order chi connectivity index (χ0) is 19.4. The lowest BCUT2D eigenvalue weighted by molar-refractivity contribution is -0.127. The molecular formula is C22H24ClN3OS.